The van der Waals surface area contributed by atoms with Gasteiger partial charge in [-0.1, -0.05) is 17.7 Å². The normalized spacial score (nSPS) is 23.6. The third-order valence-electron chi connectivity index (χ3n) is 4.35. The first-order valence-corrected chi connectivity index (χ1v) is 7.13. The molecule has 3 nitrogen and oxygen atoms in total. The van der Waals surface area contributed by atoms with E-state index in [1.807, 2.05) is 7.05 Å². The average molecular weight is 261 g/mol. The van der Waals surface area contributed by atoms with Crippen LogP contribution < -0.4 is 10.2 Å². The second-order valence-corrected chi connectivity index (χ2v) is 6.35. The summed E-state index contributed by atoms with van der Waals surface area (Å²) in [5.41, 5.74) is 2.86. The van der Waals surface area contributed by atoms with Gasteiger partial charge in [-0.05, 0) is 47.0 Å². The van der Waals surface area contributed by atoms with Gasteiger partial charge in [-0.25, -0.2) is 0 Å². The minimum atomic E-state index is 0.199. The predicted molar refractivity (Wildman–Crippen MR) is 82.9 cm³/mol. The number of hydrogen-bond acceptors (Lipinski definition) is 3. The smallest absolute Gasteiger partial charge is 0.0398 e. The summed E-state index contributed by atoms with van der Waals surface area (Å²) in [6.07, 6.45) is 0. The molecule has 1 aromatic carbocycles. The number of anilines is 1. The Hall–Kier alpha value is -1.06. The zero-order valence-electron chi connectivity index (χ0n) is 12.9. The van der Waals surface area contributed by atoms with Gasteiger partial charge in [0.05, 0.1) is 0 Å². The van der Waals surface area contributed by atoms with E-state index < -0.39 is 0 Å². The number of benzene rings is 1. The number of nitrogens with one attached hydrogen (secondary N) is 1. The number of piperazine rings is 1. The molecule has 0 saturated carbocycles. The molecular formula is C16H27N3. The fourth-order valence-corrected chi connectivity index (χ4v) is 2.90. The monoisotopic (exact) mass is 261 g/mol. The van der Waals surface area contributed by atoms with Crippen molar-refractivity contribution in [3.8, 4) is 0 Å². The second-order valence-electron chi connectivity index (χ2n) is 6.35. The highest BCUT2D eigenvalue weighted by molar-refractivity contribution is 5.48. The number of rotatable bonds is 3. The van der Waals surface area contributed by atoms with Crippen LogP contribution in [0.1, 0.15) is 19.4 Å². The van der Waals surface area contributed by atoms with Crippen molar-refractivity contribution in [1.29, 1.82) is 0 Å². The van der Waals surface area contributed by atoms with Gasteiger partial charge in [0.2, 0.25) is 0 Å². The molecule has 1 atom stereocenters. The van der Waals surface area contributed by atoms with E-state index in [4.69, 9.17) is 0 Å². The van der Waals surface area contributed by atoms with E-state index in [0.29, 0.717) is 6.04 Å². The Morgan fingerprint density at radius 2 is 1.89 bits per heavy atom. The van der Waals surface area contributed by atoms with Gasteiger partial charge in [-0.3, -0.25) is 4.90 Å². The Balaban J connectivity index is 2.20. The van der Waals surface area contributed by atoms with Crippen molar-refractivity contribution in [2.45, 2.75) is 32.4 Å². The number of aryl methyl sites for hydroxylation is 1. The second kappa shape index (κ2) is 5.51. The minimum absolute atomic E-state index is 0.199. The maximum absolute atomic E-state index is 3.32. The first-order chi connectivity index (χ1) is 8.94. The van der Waals surface area contributed by atoms with Crippen molar-refractivity contribution in [2.75, 3.05) is 38.6 Å². The van der Waals surface area contributed by atoms with Gasteiger partial charge in [0.1, 0.15) is 0 Å². The van der Waals surface area contributed by atoms with E-state index >= 15 is 0 Å². The fourth-order valence-electron chi connectivity index (χ4n) is 2.90. The van der Waals surface area contributed by atoms with Crippen LogP contribution in [0, 0.1) is 6.92 Å². The highest BCUT2D eigenvalue weighted by Crippen LogP contribution is 2.27. The van der Waals surface area contributed by atoms with Gasteiger partial charge in [-0.15, -0.1) is 0 Å². The highest BCUT2D eigenvalue weighted by atomic mass is 15.3. The first-order valence-electron chi connectivity index (χ1n) is 7.13. The van der Waals surface area contributed by atoms with Crippen LogP contribution >= 0.6 is 0 Å². The molecule has 0 amide bonds. The Labute approximate surface area is 117 Å². The summed E-state index contributed by atoms with van der Waals surface area (Å²) in [5, 5.41) is 3.32. The molecule has 1 fully saturated rings. The SMILES string of the molecule is CNCC1CN(c2ccc(C)cc2)CC(C)(C)N1C. The number of nitrogens with zero attached hydrogens (tertiary/aromatic N) is 2. The van der Waals surface area contributed by atoms with Crippen LogP contribution in [0.4, 0.5) is 5.69 Å². The predicted octanol–water partition coefficient (Wildman–Crippen LogP) is 2.11. The molecule has 1 aliphatic rings. The van der Waals surface area contributed by atoms with Crippen molar-refractivity contribution in [3.05, 3.63) is 29.8 Å². The summed E-state index contributed by atoms with van der Waals surface area (Å²) in [6.45, 7) is 9.99. The highest BCUT2D eigenvalue weighted by Gasteiger charge is 2.37. The quantitative estimate of drug-likeness (QED) is 0.899. The van der Waals surface area contributed by atoms with Crippen molar-refractivity contribution in [2.24, 2.45) is 0 Å². The van der Waals surface area contributed by atoms with E-state index in [1.54, 1.807) is 0 Å². The van der Waals surface area contributed by atoms with Crippen molar-refractivity contribution in [3.63, 3.8) is 0 Å². The molecule has 106 valence electrons. The lowest BCUT2D eigenvalue weighted by Crippen LogP contribution is -2.64. The Morgan fingerprint density at radius 3 is 2.47 bits per heavy atom. The summed E-state index contributed by atoms with van der Waals surface area (Å²) in [6, 6.07) is 9.44. The lowest BCUT2D eigenvalue weighted by molar-refractivity contribution is 0.0809. The molecule has 1 heterocycles. The topological polar surface area (TPSA) is 18.5 Å². The standard InChI is InChI=1S/C16H27N3/c1-13-6-8-14(9-7-13)19-11-15(10-17-4)18(5)16(2,3)12-19/h6-9,15,17H,10-12H2,1-5H3. The molecule has 1 unspecified atom stereocenters. The fraction of sp³-hybridized carbons (Fsp3) is 0.625. The molecule has 3 heteroatoms. The van der Waals surface area contributed by atoms with Crippen LogP contribution in [-0.2, 0) is 0 Å². The number of likely N-dealkylation sites (N-methyl/N-ethyl adjacent to an activating group) is 2. The van der Waals surface area contributed by atoms with Crippen molar-refractivity contribution >= 4 is 5.69 Å². The molecule has 1 saturated heterocycles. The molecule has 0 bridgehead atoms. The maximum atomic E-state index is 3.32. The Kier molecular flexibility index (Phi) is 4.16. The maximum Gasteiger partial charge on any atom is 0.0398 e. The molecule has 1 aliphatic heterocycles. The zero-order valence-corrected chi connectivity index (χ0v) is 12.9. The van der Waals surface area contributed by atoms with Crippen LogP contribution in [-0.4, -0.2) is 50.2 Å². The lowest BCUT2D eigenvalue weighted by atomic mass is 9.95. The van der Waals surface area contributed by atoms with Crippen LogP contribution in [0.2, 0.25) is 0 Å². The van der Waals surface area contributed by atoms with Gasteiger partial charge >= 0.3 is 0 Å². The Bertz CT molecular complexity index is 411. The van der Waals surface area contributed by atoms with Gasteiger partial charge in [-0.2, -0.15) is 0 Å². The minimum Gasteiger partial charge on any atom is -0.368 e. The van der Waals surface area contributed by atoms with E-state index in [0.717, 1.165) is 19.6 Å². The van der Waals surface area contributed by atoms with Crippen LogP contribution in [0.5, 0.6) is 0 Å². The molecule has 1 N–H and O–H groups in total. The zero-order chi connectivity index (χ0) is 14.0. The molecular weight excluding hydrogens is 234 g/mol. The lowest BCUT2D eigenvalue weighted by Gasteiger charge is -2.51. The average Bonchev–Trinajstić information content (AvgIpc) is 2.36. The van der Waals surface area contributed by atoms with E-state index in [2.05, 4.69) is 67.2 Å². The van der Waals surface area contributed by atoms with Crippen molar-refractivity contribution < 1.29 is 0 Å². The molecule has 0 radical (unpaired) electrons. The summed E-state index contributed by atoms with van der Waals surface area (Å²) < 4.78 is 0. The van der Waals surface area contributed by atoms with Gasteiger partial charge in [0.25, 0.3) is 0 Å². The van der Waals surface area contributed by atoms with E-state index in [-0.39, 0.29) is 5.54 Å². The first kappa shape index (κ1) is 14.4. The van der Waals surface area contributed by atoms with Crippen LogP contribution in [0.15, 0.2) is 24.3 Å². The molecule has 19 heavy (non-hydrogen) atoms. The van der Waals surface area contributed by atoms with Crippen LogP contribution in [0.25, 0.3) is 0 Å². The molecule has 0 aliphatic carbocycles. The molecule has 2 rings (SSSR count). The molecule has 0 aromatic heterocycles. The molecule has 0 spiro atoms. The summed E-state index contributed by atoms with van der Waals surface area (Å²) in [4.78, 5) is 5.02. The summed E-state index contributed by atoms with van der Waals surface area (Å²) in [5.74, 6) is 0. The van der Waals surface area contributed by atoms with E-state index in [9.17, 15) is 0 Å². The van der Waals surface area contributed by atoms with Gasteiger partial charge in [0.15, 0.2) is 0 Å². The van der Waals surface area contributed by atoms with E-state index in [1.165, 1.54) is 11.3 Å². The summed E-state index contributed by atoms with van der Waals surface area (Å²) in [7, 11) is 4.28. The van der Waals surface area contributed by atoms with Crippen LogP contribution in [0.3, 0.4) is 0 Å². The van der Waals surface area contributed by atoms with Gasteiger partial charge in [0, 0.05) is 36.9 Å². The molecule has 1 aromatic rings. The van der Waals surface area contributed by atoms with Gasteiger partial charge < -0.3 is 10.2 Å². The Morgan fingerprint density at radius 1 is 1.26 bits per heavy atom. The largest absolute Gasteiger partial charge is 0.368 e. The third kappa shape index (κ3) is 3.10. The number of hydrogen-bond donors (Lipinski definition) is 1. The third-order valence-corrected chi connectivity index (χ3v) is 4.35. The summed E-state index contributed by atoms with van der Waals surface area (Å²) >= 11 is 0. The van der Waals surface area contributed by atoms with Crippen molar-refractivity contribution in [1.82, 2.24) is 10.2 Å².